The maximum absolute atomic E-state index is 14.0. The van der Waals surface area contributed by atoms with Crippen LogP contribution in [0.3, 0.4) is 0 Å². The summed E-state index contributed by atoms with van der Waals surface area (Å²) in [4.78, 5) is 19.5. The molecule has 1 amide bonds. The van der Waals surface area contributed by atoms with Crippen molar-refractivity contribution in [2.24, 2.45) is 0 Å². The fraction of sp³-hybridized carbons (Fsp3) is 0.321. The van der Waals surface area contributed by atoms with Gasteiger partial charge in [0, 0.05) is 18.0 Å². The molecule has 218 valence electrons. The highest BCUT2D eigenvalue weighted by Crippen LogP contribution is 2.42. The lowest BCUT2D eigenvalue weighted by Gasteiger charge is -2.32. The van der Waals surface area contributed by atoms with Gasteiger partial charge >= 0.3 is 12.4 Å². The van der Waals surface area contributed by atoms with Gasteiger partial charge in [-0.05, 0) is 74.0 Å². The van der Waals surface area contributed by atoms with Crippen molar-refractivity contribution in [2.45, 2.75) is 44.4 Å². The molecule has 0 aliphatic heterocycles. The zero-order valence-electron chi connectivity index (χ0n) is 22.6. The number of amides is 1. The van der Waals surface area contributed by atoms with Crippen LogP contribution in [0.4, 0.5) is 36.4 Å². The fourth-order valence-electron chi connectivity index (χ4n) is 4.65. The maximum Gasteiger partial charge on any atom is 0.416 e. The Bertz CT molecular complexity index is 1590. The minimum atomic E-state index is -5.07. The molecule has 0 aliphatic rings. The number of carbonyl (C=O) groups excluding carboxylic acids is 1. The summed E-state index contributed by atoms with van der Waals surface area (Å²) in [6, 6.07) is 5.22. The molecule has 0 saturated heterocycles. The number of likely N-dealkylation sites (N-methyl/N-ethyl adjacent to an activating group) is 1. The molecule has 4 aromatic rings. The van der Waals surface area contributed by atoms with E-state index in [1.807, 2.05) is 6.26 Å². The average molecular weight is 599 g/mol. The third kappa shape index (κ3) is 5.77. The van der Waals surface area contributed by atoms with Gasteiger partial charge in [0.1, 0.15) is 5.82 Å². The Morgan fingerprint density at radius 2 is 1.54 bits per heavy atom. The fourth-order valence-corrected chi connectivity index (χ4v) is 5.08. The van der Waals surface area contributed by atoms with Gasteiger partial charge in [0.05, 0.1) is 40.5 Å². The van der Waals surface area contributed by atoms with E-state index in [4.69, 9.17) is 0 Å². The predicted octanol–water partition coefficient (Wildman–Crippen LogP) is 7.84. The molecule has 0 radical (unpaired) electrons. The van der Waals surface area contributed by atoms with Crippen LogP contribution in [-0.2, 0) is 28.4 Å². The van der Waals surface area contributed by atoms with Crippen LogP contribution in [0.15, 0.2) is 48.8 Å². The first kappa shape index (κ1) is 30.4. The Hall–Kier alpha value is -3.61. The molecule has 0 unspecified atom stereocenters. The highest BCUT2D eigenvalue weighted by atomic mass is 32.2. The van der Waals surface area contributed by atoms with E-state index in [9.17, 15) is 35.5 Å². The predicted molar refractivity (Wildman–Crippen MR) is 144 cm³/mol. The van der Waals surface area contributed by atoms with Crippen molar-refractivity contribution in [1.29, 1.82) is 0 Å². The smallest absolute Gasteiger partial charge is 0.313 e. The summed E-state index contributed by atoms with van der Waals surface area (Å²) < 4.78 is 97.0. The number of hydrogen-bond donors (Lipinski definition) is 0. The van der Waals surface area contributed by atoms with E-state index >= 15 is 0 Å². The average Bonchev–Trinajstić information content (AvgIpc) is 3.29. The molecule has 0 bridgehead atoms. The molecule has 0 aliphatic carbocycles. The highest BCUT2D eigenvalue weighted by molar-refractivity contribution is 7.97. The summed E-state index contributed by atoms with van der Waals surface area (Å²) in [7, 11) is 1.36. The van der Waals surface area contributed by atoms with Crippen molar-refractivity contribution in [3.05, 3.63) is 76.9 Å². The zero-order chi connectivity index (χ0) is 30.5. The third-order valence-corrected chi connectivity index (χ3v) is 7.37. The van der Waals surface area contributed by atoms with Crippen LogP contribution in [0.2, 0.25) is 0 Å². The lowest BCUT2D eigenvalue weighted by Crippen LogP contribution is -2.42. The summed E-state index contributed by atoms with van der Waals surface area (Å²) in [6.45, 7) is 4.19. The lowest BCUT2D eigenvalue weighted by molar-refractivity contribution is -0.143. The van der Waals surface area contributed by atoms with E-state index in [0.717, 1.165) is 4.90 Å². The number of hydrogen-bond acceptors (Lipinski definition) is 4. The molecule has 13 heteroatoms. The number of halogens is 7. The first-order valence-electron chi connectivity index (χ1n) is 12.1. The number of thioether (sulfide) groups is 1. The van der Waals surface area contributed by atoms with Gasteiger partial charge in [0.2, 0.25) is 5.91 Å². The molecular weight excluding hydrogens is 573 g/mol. The van der Waals surface area contributed by atoms with Gasteiger partial charge in [-0.2, -0.15) is 31.4 Å². The van der Waals surface area contributed by atoms with Crippen LogP contribution in [0.5, 0.6) is 0 Å². The van der Waals surface area contributed by atoms with Crippen molar-refractivity contribution in [3.8, 4) is 11.1 Å². The van der Waals surface area contributed by atoms with E-state index < -0.39 is 46.2 Å². The molecule has 5 nitrogen and oxygen atoms in total. The topological polar surface area (TPSA) is 51.0 Å². The van der Waals surface area contributed by atoms with E-state index in [1.54, 1.807) is 17.8 Å². The number of anilines is 1. The molecule has 2 heterocycles. The van der Waals surface area contributed by atoms with Crippen molar-refractivity contribution >= 4 is 34.4 Å². The molecule has 0 N–H and O–H groups in total. The molecule has 0 atom stereocenters. The summed E-state index contributed by atoms with van der Waals surface area (Å²) in [5.41, 5.74) is -3.08. The number of nitrogens with zero attached hydrogens (tertiary/aromatic N) is 4. The molecule has 0 spiro atoms. The summed E-state index contributed by atoms with van der Waals surface area (Å²) in [5.74, 6) is -0.799. The summed E-state index contributed by atoms with van der Waals surface area (Å²) in [5, 5.41) is 4.90. The molecule has 0 fully saturated rings. The van der Waals surface area contributed by atoms with E-state index in [0.29, 0.717) is 45.7 Å². The van der Waals surface area contributed by atoms with Gasteiger partial charge in [-0.25, -0.2) is 14.1 Å². The van der Waals surface area contributed by atoms with Crippen LogP contribution in [0.1, 0.15) is 36.1 Å². The molecule has 2 aromatic carbocycles. The second-order valence-electron chi connectivity index (χ2n) is 10.1. The minimum absolute atomic E-state index is 0.0211. The SMILES string of the molecule is CSCn1ncc2c(-c3ccc(F)cc3C)c(N(C)C(=O)C(C)(C)c3cc(C(F)(F)F)cc(C(F)(F)F)c3)cnc21. The van der Waals surface area contributed by atoms with Gasteiger partial charge in [0.15, 0.2) is 5.65 Å². The molecule has 2 aromatic heterocycles. The monoisotopic (exact) mass is 598 g/mol. The highest BCUT2D eigenvalue weighted by Gasteiger charge is 2.41. The van der Waals surface area contributed by atoms with Gasteiger partial charge in [-0.1, -0.05) is 6.07 Å². The van der Waals surface area contributed by atoms with Crippen LogP contribution in [0.25, 0.3) is 22.2 Å². The lowest BCUT2D eigenvalue weighted by atomic mass is 9.81. The number of aryl methyl sites for hydroxylation is 1. The van der Waals surface area contributed by atoms with Crippen molar-refractivity contribution in [1.82, 2.24) is 14.8 Å². The molecule has 0 saturated carbocycles. The molecule has 4 rings (SSSR count). The number of alkyl halides is 6. The van der Waals surface area contributed by atoms with Crippen molar-refractivity contribution < 1.29 is 35.5 Å². The van der Waals surface area contributed by atoms with Crippen LogP contribution < -0.4 is 4.90 Å². The van der Waals surface area contributed by atoms with Crippen molar-refractivity contribution in [3.63, 3.8) is 0 Å². The Balaban J connectivity index is 1.90. The summed E-state index contributed by atoms with van der Waals surface area (Å²) in [6.07, 6.45) is -5.33. The molecular formula is C28H25F7N4OS. The number of benzene rings is 2. The largest absolute Gasteiger partial charge is 0.416 e. The zero-order valence-corrected chi connectivity index (χ0v) is 23.4. The van der Waals surface area contributed by atoms with Crippen LogP contribution in [0, 0.1) is 12.7 Å². The van der Waals surface area contributed by atoms with E-state index in [-0.39, 0.29) is 11.8 Å². The second-order valence-corrected chi connectivity index (χ2v) is 10.9. The number of aromatic nitrogens is 3. The van der Waals surface area contributed by atoms with E-state index in [2.05, 4.69) is 10.1 Å². The standard InChI is InChI=1S/C28H25F7N4OS/c1-15-8-19(29)6-7-20(15)23-21-12-37-39(14-41-5)24(21)36-13-22(23)38(4)25(40)26(2,3)16-9-17(27(30,31)32)11-18(10-16)28(33,34)35/h6-13H,14H2,1-5H3. The Kier molecular flexibility index (Phi) is 7.89. The minimum Gasteiger partial charge on any atom is -0.313 e. The Morgan fingerprint density at radius 3 is 2.07 bits per heavy atom. The number of fused-ring (bicyclic) bond motifs is 1. The van der Waals surface area contributed by atoms with E-state index in [1.165, 1.54) is 57.1 Å². The van der Waals surface area contributed by atoms with Gasteiger partial charge < -0.3 is 4.90 Å². The first-order valence-corrected chi connectivity index (χ1v) is 13.5. The number of rotatable bonds is 6. The molecule has 41 heavy (non-hydrogen) atoms. The van der Waals surface area contributed by atoms with Crippen LogP contribution in [-0.4, -0.2) is 34.0 Å². The van der Waals surface area contributed by atoms with Gasteiger partial charge in [0.25, 0.3) is 0 Å². The summed E-state index contributed by atoms with van der Waals surface area (Å²) >= 11 is 1.49. The second kappa shape index (κ2) is 10.7. The van der Waals surface area contributed by atoms with Gasteiger partial charge in [-0.15, -0.1) is 11.8 Å². The van der Waals surface area contributed by atoms with Gasteiger partial charge in [-0.3, -0.25) is 4.79 Å². The van der Waals surface area contributed by atoms with Crippen molar-refractivity contribution in [2.75, 3.05) is 18.2 Å². The first-order chi connectivity index (χ1) is 19.0. The number of carbonyl (C=O) groups is 1. The van der Waals surface area contributed by atoms with Crippen LogP contribution >= 0.6 is 11.8 Å². The Morgan fingerprint density at radius 1 is 0.951 bits per heavy atom. The quantitative estimate of drug-likeness (QED) is 0.212. The third-order valence-electron chi connectivity index (χ3n) is 6.87. The maximum atomic E-state index is 14.0. The normalized spacial score (nSPS) is 12.7. The Labute approximate surface area is 235 Å². The number of pyridine rings is 1.